The van der Waals surface area contributed by atoms with Crippen LogP contribution in [0.15, 0.2) is 60.7 Å². The molecule has 1 aliphatic heterocycles. The van der Waals surface area contributed by atoms with Gasteiger partial charge in [0.2, 0.25) is 0 Å². The van der Waals surface area contributed by atoms with Gasteiger partial charge in [0.25, 0.3) is 6.29 Å². The maximum atomic E-state index is 12.2. The number of carbonyl (C=O) groups is 1. The minimum absolute atomic E-state index is 0.0508. The molecule has 5 heteroatoms. The van der Waals surface area contributed by atoms with Crippen molar-refractivity contribution in [2.45, 2.75) is 12.2 Å². The predicted octanol–water partition coefficient (Wildman–Crippen LogP) is 3.88. The van der Waals surface area contributed by atoms with E-state index in [1.165, 1.54) is 12.1 Å². The Bertz CT molecular complexity index is 1090. The van der Waals surface area contributed by atoms with Crippen LogP contribution in [0.5, 0.6) is 23.0 Å². The summed E-state index contributed by atoms with van der Waals surface area (Å²) in [4.78, 5) is 12.2. The van der Waals surface area contributed by atoms with E-state index >= 15 is 0 Å². The highest BCUT2D eigenvalue weighted by Crippen LogP contribution is 2.45. The lowest BCUT2D eigenvalue weighted by Crippen LogP contribution is -2.34. The van der Waals surface area contributed by atoms with Crippen molar-refractivity contribution in [3.8, 4) is 23.0 Å². The molecule has 26 heavy (non-hydrogen) atoms. The van der Waals surface area contributed by atoms with E-state index in [2.05, 4.69) is 0 Å². The van der Waals surface area contributed by atoms with Crippen LogP contribution in [0.1, 0.15) is 21.8 Å². The number of aromatic hydroxyl groups is 2. The number of rotatable bonds is 1. The number of ketones is 1. The van der Waals surface area contributed by atoms with E-state index < -0.39 is 6.29 Å². The lowest BCUT2D eigenvalue weighted by atomic mass is 9.86. The molecule has 3 aromatic carbocycles. The van der Waals surface area contributed by atoms with Crippen LogP contribution in [-0.2, 0) is 0 Å². The smallest absolute Gasteiger partial charge is 0.251 e. The van der Waals surface area contributed by atoms with Gasteiger partial charge in [0.05, 0.1) is 16.9 Å². The van der Waals surface area contributed by atoms with Crippen LogP contribution in [0.4, 0.5) is 0 Å². The Morgan fingerprint density at radius 3 is 2.46 bits per heavy atom. The predicted molar refractivity (Wildman–Crippen MR) is 95.0 cm³/mol. The van der Waals surface area contributed by atoms with Crippen LogP contribution in [0, 0.1) is 0 Å². The summed E-state index contributed by atoms with van der Waals surface area (Å²) in [5, 5.41) is 21.5. The van der Waals surface area contributed by atoms with Crippen LogP contribution in [0.25, 0.3) is 10.8 Å². The van der Waals surface area contributed by atoms with Crippen molar-refractivity contribution in [1.82, 2.24) is 0 Å². The van der Waals surface area contributed by atoms with Gasteiger partial charge in [-0.05, 0) is 35.9 Å². The van der Waals surface area contributed by atoms with Crippen LogP contribution in [0.2, 0.25) is 0 Å². The van der Waals surface area contributed by atoms with Gasteiger partial charge in [0, 0.05) is 5.39 Å². The largest absolute Gasteiger partial charge is 0.507 e. The van der Waals surface area contributed by atoms with Crippen LogP contribution < -0.4 is 9.47 Å². The molecule has 2 unspecified atom stereocenters. The zero-order valence-electron chi connectivity index (χ0n) is 13.5. The van der Waals surface area contributed by atoms with E-state index in [9.17, 15) is 15.0 Å². The summed E-state index contributed by atoms with van der Waals surface area (Å²) in [6.07, 6.45) is 2.48. The molecule has 0 saturated heterocycles. The molecule has 3 aromatic rings. The molecule has 0 radical (unpaired) electrons. The third kappa shape index (κ3) is 2.00. The zero-order chi connectivity index (χ0) is 17.8. The second kappa shape index (κ2) is 5.26. The molecule has 5 rings (SSSR count). The SMILES string of the molecule is O=C1C=CC(C2Oc3cccc4c(O)ccc(c34)O2)c2cccc(O)c21. The van der Waals surface area contributed by atoms with Gasteiger partial charge < -0.3 is 19.7 Å². The first-order chi connectivity index (χ1) is 12.6. The lowest BCUT2D eigenvalue weighted by Gasteiger charge is -2.33. The maximum Gasteiger partial charge on any atom is 0.251 e. The second-order valence-corrected chi connectivity index (χ2v) is 6.36. The summed E-state index contributed by atoms with van der Waals surface area (Å²) in [7, 11) is 0. The summed E-state index contributed by atoms with van der Waals surface area (Å²) >= 11 is 0. The minimum atomic E-state index is -0.692. The molecule has 5 nitrogen and oxygen atoms in total. The highest BCUT2D eigenvalue weighted by atomic mass is 16.7. The first-order valence-electron chi connectivity index (χ1n) is 8.26. The average Bonchev–Trinajstić information content (AvgIpc) is 2.65. The van der Waals surface area contributed by atoms with Gasteiger partial charge in [-0.1, -0.05) is 30.3 Å². The van der Waals surface area contributed by atoms with Crippen molar-refractivity contribution in [2.24, 2.45) is 0 Å². The van der Waals surface area contributed by atoms with Gasteiger partial charge in [-0.15, -0.1) is 0 Å². The number of fused-ring (bicyclic) bond motifs is 1. The highest BCUT2D eigenvalue weighted by Gasteiger charge is 2.35. The van der Waals surface area contributed by atoms with Gasteiger partial charge in [-0.2, -0.15) is 0 Å². The fraction of sp³-hybridized carbons (Fsp3) is 0.0952. The molecule has 2 N–H and O–H groups in total. The minimum Gasteiger partial charge on any atom is -0.507 e. The Hall–Kier alpha value is -3.47. The van der Waals surface area contributed by atoms with E-state index in [0.717, 1.165) is 5.39 Å². The van der Waals surface area contributed by atoms with Gasteiger partial charge in [-0.25, -0.2) is 0 Å². The highest BCUT2D eigenvalue weighted by molar-refractivity contribution is 6.09. The average molecular weight is 346 g/mol. The van der Waals surface area contributed by atoms with Crippen molar-refractivity contribution in [2.75, 3.05) is 0 Å². The molecule has 0 spiro atoms. The number of ether oxygens (including phenoxy) is 2. The number of hydrogen-bond acceptors (Lipinski definition) is 5. The second-order valence-electron chi connectivity index (χ2n) is 6.36. The molecule has 2 atom stereocenters. The van der Waals surface area contributed by atoms with Crippen molar-refractivity contribution in [3.05, 3.63) is 71.8 Å². The molecule has 0 saturated carbocycles. The van der Waals surface area contributed by atoms with E-state index in [4.69, 9.17) is 9.47 Å². The topological polar surface area (TPSA) is 76.0 Å². The quantitative estimate of drug-likeness (QED) is 0.699. The van der Waals surface area contributed by atoms with Crippen molar-refractivity contribution >= 4 is 16.6 Å². The summed E-state index contributed by atoms with van der Waals surface area (Å²) < 4.78 is 12.1. The third-order valence-electron chi connectivity index (χ3n) is 4.86. The van der Waals surface area contributed by atoms with Gasteiger partial charge in [0.1, 0.15) is 23.0 Å². The first kappa shape index (κ1) is 14.8. The Morgan fingerprint density at radius 2 is 1.62 bits per heavy atom. The van der Waals surface area contributed by atoms with E-state index in [1.807, 2.05) is 12.1 Å². The molecule has 1 aliphatic carbocycles. The summed E-state index contributed by atoms with van der Waals surface area (Å²) in [6.45, 7) is 0. The molecular weight excluding hydrogens is 332 g/mol. The van der Waals surface area contributed by atoms with E-state index in [-0.39, 0.29) is 28.8 Å². The Kier molecular flexibility index (Phi) is 3.00. The van der Waals surface area contributed by atoms with Crippen molar-refractivity contribution in [3.63, 3.8) is 0 Å². The van der Waals surface area contributed by atoms with Gasteiger partial charge >= 0.3 is 0 Å². The molecular formula is C21H14O5. The van der Waals surface area contributed by atoms with Crippen LogP contribution >= 0.6 is 0 Å². The molecule has 128 valence electrons. The maximum absolute atomic E-state index is 12.2. The lowest BCUT2D eigenvalue weighted by molar-refractivity contribution is -0.0114. The fourth-order valence-electron chi connectivity index (χ4n) is 3.66. The number of phenols is 2. The number of allylic oxidation sites excluding steroid dienone is 1. The fourth-order valence-corrected chi connectivity index (χ4v) is 3.66. The summed E-state index contributed by atoms with van der Waals surface area (Å²) in [5.41, 5.74) is 0.943. The molecule has 0 bridgehead atoms. The Morgan fingerprint density at radius 1 is 0.846 bits per heavy atom. The molecule has 1 heterocycles. The summed E-state index contributed by atoms with van der Waals surface area (Å²) in [5.74, 6) is 0.734. The standard InChI is InChI=1S/C21H14O5/c22-14-9-10-18-20-13(14)4-2-6-17(20)25-21(26-18)12-7-8-16(24)19-11(12)3-1-5-15(19)23/h1-10,12,21-23H. The number of benzene rings is 3. The summed E-state index contributed by atoms with van der Waals surface area (Å²) in [6, 6.07) is 13.7. The van der Waals surface area contributed by atoms with Crippen molar-refractivity contribution in [1.29, 1.82) is 0 Å². The first-order valence-corrected chi connectivity index (χ1v) is 8.26. The van der Waals surface area contributed by atoms with Crippen molar-refractivity contribution < 1.29 is 24.5 Å². The van der Waals surface area contributed by atoms with E-state index in [0.29, 0.717) is 22.4 Å². The molecule has 0 amide bonds. The van der Waals surface area contributed by atoms with Crippen LogP contribution in [-0.4, -0.2) is 22.3 Å². The molecule has 0 fully saturated rings. The number of carbonyl (C=O) groups excluding carboxylic acids is 1. The number of phenolic OH excluding ortho intramolecular Hbond substituents is 2. The van der Waals surface area contributed by atoms with E-state index in [1.54, 1.807) is 36.4 Å². The van der Waals surface area contributed by atoms with Gasteiger partial charge in [-0.3, -0.25) is 4.79 Å². The number of hydrogen-bond donors (Lipinski definition) is 2. The normalized spacial score (nSPS) is 20.4. The Labute approximate surface area is 148 Å². The van der Waals surface area contributed by atoms with Gasteiger partial charge in [0.15, 0.2) is 5.78 Å². The molecule has 0 aromatic heterocycles. The monoisotopic (exact) mass is 346 g/mol. The molecule has 2 aliphatic rings. The van der Waals surface area contributed by atoms with Crippen LogP contribution in [0.3, 0.4) is 0 Å². The zero-order valence-corrected chi connectivity index (χ0v) is 13.5. The third-order valence-corrected chi connectivity index (χ3v) is 4.86. The Balaban J connectivity index is 1.62.